The Morgan fingerprint density at radius 3 is 2.86 bits per heavy atom. The van der Waals surface area contributed by atoms with Crippen molar-refractivity contribution in [2.75, 3.05) is 0 Å². The highest BCUT2D eigenvalue weighted by Gasteiger charge is 2.12. The van der Waals surface area contributed by atoms with Crippen molar-refractivity contribution >= 4 is 16.9 Å². The summed E-state index contributed by atoms with van der Waals surface area (Å²) in [5, 5.41) is 14.3. The van der Waals surface area contributed by atoms with E-state index in [9.17, 15) is 4.79 Å². The molecule has 1 aromatic heterocycles. The molecule has 0 aliphatic heterocycles. The van der Waals surface area contributed by atoms with Crippen LogP contribution in [0.15, 0.2) is 54.7 Å². The number of nitrogens with zero attached hydrogens (tertiary/aromatic N) is 2. The van der Waals surface area contributed by atoms with Gasteiger partial charge in [0.15, 0.2) is 0 Å². The number of para-hydroxylation sites is 1. The highest BCUT2D eigenvalue weighted by atomic mass is 16.4. The first-order valence-electron chi connectivity index (χ1n) is 6.65. The van der Waals surface area contributed by atoms with Gasteiger partial charge in [0.2, 0.25) is 0 Å². The maximum Gasteiger partial charge on any atom is 0.305 e. The number of carboxylic acids is 1. The summed E-state index contributed by atoms with van der Waals surface area (Å²) in [6, 6.07) is 14.9. The lowest BCUT2D eigenvalue weighted by molar-refractivity contribution is -0.137. The molecule has 3 N–H and O–H groups in total. The van der Waals surface area contributed by atoms with Crippen LogP contribution >= 0.6 is 0 Å². The standard InChI is InChI=1S/C16H15N3O2/c17-14(9-16(20)21)11-5-3-6-13(8-11)19-15-7-2-1-4-12(15)10-18-19/h1-8,10,14H,9,17H2,(H,20,21). The molecule has 0 aliphatic rings. The summed E-state index contributed by atoms with van der Waals surface area (Å²) in [5.41, 5.74) is 8.58. The van der Waals surface area contributed by atoms with Crippen LogP contribution in [0.2, 0.25) is 0 Å². The lowest BCUT2D eigenvalue weighted by atomic mass is 10.0. The van der Waals surface area contributed by atoms with E-state index < -0.39 is 12.0 Å². The number of hydrogen-bond acceptors (Lipinski definition) is 3. The molecule has 0 fully saturated rings. The monoisotopic (exact) mass is 281 g/mol. The Labute approximate surface area is 121 Å². The van der Waals surface area contributed by atoms with Gasteiger partial charge in [0.25, 0.3) is 0 Å². The van der Waals surface area contributed by atoms with Gasteiger partial charge in [-0.3, -0.25) is 4.79 Å². The van der Waals surface area contributed by atoms with E-state index in [-0.39, 0.29) is 6.42 Å². The van der Waals surface area contributed by atoms with Crippen LogP contribution in [0.25, 0.3) is 16.6 Å². The van der Waals surface area contributed by atoms with E-state index in [4.69, 9.17) is 10.8 Å². The summed E-state index contributed by atoms with van der Waals surface area (Å²) in [7, 11) is 0. The van der Waals surface area contributed by atoms with E-state index in [0.717, 1.165) is 22.2 Å². The predicted molar refractivity (Wildman–Crippen MR) is 80.3 cm³/mol. The van der Waals surface area contributed by atoms with Crippen molar-refractivity contribution in [3.8, 4) is 5.69 Å². The number of fused-ring (bicyclic) bond motifs is 1. The average molecular weight is 281 g/mol. The van der Waals surface area contributed by atoms with Gasteiger partial charge in [-0.1, -0.05) is 30.3 Å². The van der Waals surface area contributed by atoms with Crippen molar-refractivity contribution in [1.29, 1.82) is 0 Å². The zero-order chi connectivity index (χ0) is 14.8. The fourth-order valence-corrected chi connectivity index (χ4v) is 2.37. The molecule has 3 aromatic rings. The third-order valence-corrected chi connectivity index (χ3v) is 3.41. The summed E-state index contributed by atoms with van der Waals surface area (Å²) in [5.74, 6) is -0.905. The van der Waals surface area contributed by atoms with E-state index in [0.29, 0.717) is 0 Å². The maximum absolute atomic E-state index is 10.8. The molecule has 5 nitrogen and oxygen atoms in total. The second-order valence-electron chi connectivity index (χ2n) is 4.91. The van der Waals surface area contributed by atoms with Crippen LogP contribution in [0.5, 0.6) is 0 Å². The molecule has 21 heavy (non-hydrogen) atoms. The summed E-state index contributed by atoms with van der Waals surface area (Å²) >= 11 is 0. The minimum absolute atomic E-state index is 0.0939. The highest BCUT2D eigenvalue weighted by Crippen LogP contribution is 2.21. The number of aliphatic carboxylic acids is 1. The van der Waals surface area contributed by atoms with Gasteiger partial charge in [0.05, 0.1) is 23.8 Å². The third kappa shape index (κ3) is 2.64. The van der Waals surface area contributed by atoms with Crippen LogP contribution in [0.3, 0.4) is 0 Å². The van der Waals surface area contributed by atoms with Crippen molar-refractivity contribution in [3.05, 3.63) is 60.3 Å². The fourth-order valence-electron chi connectivity index (χ4n) is 2.37. The summed E-state index contributed by atoms with van der Waals surface area (Å²) in [6.45, 7) is 0. The van der Waals surface area contributed by atoms with Gasteiger partial charge in [-0.2, -0.15) is 5.10 Å². The molecular formula is C16H15N3O2. The first-order chi connectivity index (χ1) is 10.1. The number of carboxylic acid groups (broad SMARTS) is 1. The number of carbonyl (C=O) groups is 1. The molecular weight excluding hydrogens is 266 g/mol. The van der Waals surface area contributed by atoms with Crippen molar-refractivity contribution < 1.29 is 9.90 Å². The number of hydrogen-bond donors (Lipinski definition) is 2. The number of rotatable bonds is 4. The molecule has 1 unspecified atom stereocenters. The van der Waals surface area contributed by atoms with E-state index in [1.54, 1.807) is 6.20 Å². The van der Waals surface area contributed by atoms with Crippen LogP contribution in [-0.4, -0.2) is 20.9 Å². The molecule has 106 valence electrons. The molecule has 0 radical (unpaired) electrons. The molecule has 0 spiro atoms. The Hall–Kier alpha value is -2.66. The molecule has 0 amide bonds. The third-order valence-electron chi connectivity index (χ3n) is 3.41. The molecule has 0 saturated heterocycles. The lowest BCUT2D eigenvalue weighted by Gasteiger charge is -2.11. The van der Waals surface area contributed by atoms with Crippen molar-refractivity contribution in [2.24, 2.45) is 5.73 Å². The molecule has 0 bridgehead atoms. The largest absolute Gasteiger partial charge is 0.481 e. The Morgan fingerprint density at radius 1 is 1.24 bits per heavy atom. The first-order valence-corrected chi connectivity index (χ1v) is 6.65. The zero-order valence-electron chi connectivity index (χ0n) is 11.3. The van der Waals surface area contributed by atoms with E-state index >= 15 is 0 Å². The second kappa shape index (κ2) is 5.38. The Kier molecular flexibility index (Phi) is 3.41. The van der Waals surface area contributed by atoms with Gasteiger partial charge in [0.1, 0.15) is 0 Å². The minimum Gasteiger partial charge on any atom is -0.481 e. The molecule has 0 saturated carbocycles. The van der Waals surface area contributed by atoms with Gasteiger partial charge in [0, 0.05) is 11.4 Å². The average Bonchev–Trinajstić information content (AvgIpc) is 2.90. The van der Waals surface area contributed by atoms with Gasteiger partial charge < -0.3 is 10.8 Å². The van der Waals surface area contributed by atoms with Crippen molar-refractivity contribution in [3.63, 3.8) is 0 Å². The smallest absolute Gasteiger partial charge is 0.305 e. The topological polar surface area (TPSA) is 81.1 Å². The Bertz CT molecular complexity index is 795. The zero-order valence-corrected chi connectivity index (χ0v) is 11.3. The first kappa shape index (κ1) is 13.3. The van der Waals surface area contributed by atoms with Crippen molar-refractivity contribution in [2.45, 2.75) is 12.5 Å². The van der Waals surface area contributed by atoms with E-state index in [1.165, 1.54) is 0 Å². The normalized spacial score (nSPS) is 12.4. The van der Waals surface area contributed by atoms with Gasteiger partial charge in [-0.05, 0) is 23.8 Å². The summed E-state index contributed by atoms with van der Waals surface area (Å²) in [4.78, 5) is 10.8. The Morgan fingerprint density at radius 2 is 2.05 bits per heavy atom. The number of benzene rings is 2. The Balaban J connectivity index is 2.01. The predicted octanol–water partition coefficient (Wildman–Crippen LogP) is 2.50. The van der Waals surface area contributed by atoms with E-state index in [2.05, 4.69) is 5.10 Å². The van der Waals surface area contributed by atoms with E-state index in [1.807, 2.05) is 53.2 Å². The van der Waals surface area contributed by atoms with Crippen LogP contribution in [0.4, 0.5) is 0 Å². The molecule has 0 aliphatic carbocycles. The fraction of sp³-hybridized carbons (Fsp3) is 0.125. The van der Waals surface area contributed by atoms with Crippen LogP contribution < -0.4 is 5.73 Å². The molecule has 1 heterocycles. The van der Waals surface area contributed by atoms with Crippen LogP contribution in [0, 0.1) is 0 Å². The molecule has 5 heteroatoms. The van der Waals surface area contributed by atoms with Crippen LogP contribution in [-0.2, 0) is 4.79 Å². The number of nitrogens with two attached hydrogens (primary N) is 1. The highest BCUT2D eigenvalue weighted by molar-refractivity contribution is 5.80. The SMILES string of the molecule is NC(CC(=O)O)c1cccc(-n2ncc3ccccc32)c1. The van der Waals surface area contributed by atoms with Gasteiger partial charge >= 0.3 is 5.97 Å². The summed E-state index contributed by atoms with van der Waals surface area (Å²) < 4.78 is 1.83. The maximum atomic E-state index is 10.8. The summed E-state index contributed by atoms with van der Waals surface area (Å²) in [6.07, 6.45) is 1.71. The van der Waals surface area contributed by atoms with Crippen molar-refractivity contribution in [1.82, 2.24) is 9.78 Å². The molecule has 3 rings (SSSR count). The van der Waals surface area contributed by atoms with Crippen LogP contribution in [0.1, 0.15) is 18.0 Å². The molecule has 1 atom stereocenters. The second-order valence-corrected chi connectivity index (χ2v) is 4.91. The minimum atomic E-state index is -0.905. The van der Waals surface area contributed by atoms with Gasteiger partial charge in [-0.25, -0.2) is 4.68 Å². The number of aromatic nitrogens is 2. The molecule has 2 aromatic carbocycles. The lowest BCUT2D eigenvalue weighted by Crippen LogP contribution is -2.15. The quantitative estimate of drug-likeness (QED) is 0.770. The van der Waals surface area contributed by atoms with Gasteiger partial charge in [-0.15, -0.1) is 0 Å².